The van der Waals surface area contributed by atoms with Gasteiger partial charge in [0, 0.05) is 10.7 Å². The largest absolute Gasteiger partial charge is 0.478 e. The van der Waals surface area contributed by atoms with E-state index in [4.69, 9.17) is 15.8 Å². The van der Waals surface area contributed by atoms with Crippen LogP contribution in [0.2, 0.25) is 0 Å². The van der Waals surface area contributed by atoms with E-state index in [-0.39, 0.29) is 10.5 Å². The SMILES string of the molecule is O=C(O)c1ccc(-c2ccc(S(=O)(=O)Cl)cc2)cc1. The number of carboxylic acid groups (broad SMARTS) is 1. The average Bonchev–Trinajstić information content (AvgIpc) is 2.38. The minimum atomic E-state index is -3.73. The number of hydrogen-bond acceptors (Lipinski definition) is 3. The number of carbonyl (C=O) groups is 1. The van der Waals surface area contributed by atoms with Crippen molar-refractivity contribution in [1.82, 2.24) is 0 Å². The smallest absolute Gasteiger partial charge is 0.335 e. The summed E-state index contributed by atoms with van der Waals surface area (Å²) in [5, 5.41) is 8.79. The van der Waals surface area contributed by atoms with Crippen molar-refractivity contribution in [2.24, 2.45) is 0 Å². The lowest BCUT2D eigenvalue weighted by Crippen LogP contribution is -1.95. The molecule has 6 heteroatoms. The van der Waals surface area contributed by atoms with E-state index in [0.717, 1.165) is 11.1 Å². The molecular formula is C13H9ClO4S. The molecule has 0 aliphatic heterocycles. The first kappa shape index (κ1) is 13.6. The fourth-order valence-corrected chi connectivity index (χ4v) is 2.38. The summed E-state index contributed by atoms with van der Waals surface area (Å²) in [6.07, 6.45) is 0. The van der Waals surface area contributed by atoms with Gasteiger partial charge < -0.3 is 5.11 Å². The second-order valence-corrected chi connectivity index (χ2v) is 6.41. The molecular weight excluding hydrogens is 288 g/mol. The number of carboxylic acids is 1. The summed E-state index contributed by atoms with van der Waals surface area (Å²) >= 11 is 0. The van der Waals surface area contributed by atoms with Gasteiger partial charge in [0.1, 0.15) is 0 Å². The average molecular weight is 297 g/mol. The van der Waals surface area contributed by atoms with Gasteiger partial charge in [-0.3, -0.25) is 0 Å². The van der Waals surface area contributed by atoms with Gasteiger partial charge in [0.2, 0.25) is 0 Å². The van der Waals surface area contributed by atoms with Crippen molar-refractivity contribution in [3.63, 3.8) is 0 Å². The Morgan fingerprint density at radius 2 is 1.32 bits per heavy atom. The minimum Gasteiger partial charge on any atom is -0.478 e. The molecule has 0 aliphatic rings. The number of hydrogen-bond donors (Lipinski definition) is 1. The van der Waals surface area contributed by atoms with Crippen molar-refractivity contribution in [3.05, 3.63) is 54.1 Å². The fraction of sp³-hybridized carbons (Fsp3) is 0. The standard InChI is InChI=1S/C13H9ClO4S/c14-19(17,18)12-7-5-10(6-8-12)9-1-3-11(4-2-9)13(15)16/h1-8H,(H,15,16). The molecule has 0 heterocycles. The van der Waals surface area contributed by atoms with Gasteiger partial charge in [-0.05, 0) is 35.4 Å². The molecule has 0 fully saturated rings. The second kappa shape index (κ2) is 5.03. The van der Waals surface area contributed by atoms with Crippen LogP contribution in [0, 0.1) is 0 Å². The highest BCUT2D eigenvalue weighted by Gasteiger charge is 2.09. The first-order valence-corrected chi connectivity index (χ1v) is 7.57. The molecule has 1 N–H and O–H groups in total. The van der Waals surface area contributed by atoms with Gasteiger partial charge >= 0.3 is 5.97 Å². The van der Waals surface area contributed by atoms with Crippen LogP contribution in [-0.2, 0) is 9.05 Å². The molecule has 0 aliphatic carbocycles. The number of halogens is 1. The first-order chi connectivity index (χ1) is 8.88. The molecule has 2 aromatic carbocycles. The van der Waals surface area contributed by atoms with Crippen LogP contribution in [0.25, 0.3) is 11.1 Å². The molecule has 0 amide bonds. The summed E-state index contributed by atoms with van der Waals surface area (Å²) in [6, 6.07) is 12.3. The lowest BCUT2D eigenvalue weighted by molar-refractivity contribution is 0.0697. The number of benzene rings is 2. The summed E-state index contributed by atoms with van der Waals surface area (Å²) in [7, 11) is 1.49. The van der Waals surface area contributed by atoms with E-state index < -0.39 is 15.0 Å². The van der Waals surface area contributed by atoms with E-state index in [9.17, 15) is 13.2 Å². The van der Waals surface area contributed by atoms with Crippen molar-refractivity contribution in [1.29, 1.82) is 0 Å². The third kappa shape index (κ3) is 3.13. The van der Waals surface area contributed by atoms with Gasteiger partial charge in [-0.25, -0.2) is 13.2 Å². The Kier molecular flexibility index (Phi) is 3.59. The molecule has 98 valence electrons. The van der Waals surface area contributed by atoms with Crippen molar-refractivity contribution in [2.75, 3.05) is 0 Å². The Morgan fingerprint density at radius 1 is 0.895 bits per heavy atom. The van der Waals surface area contributed by atoms with Crippen molar-refractivity contribution < 1.29 is 18.3 Å². The normalized spacial score (nSPS) is 11.2. The maximum atomic E-state index is 11.1. The van der Waals surface area contributed by atoms with Gasteiger partial charge in [-0.2, -0.15) is 0 Å². The molecule has 0 saturated heterocycles. The Hall–Kier alpha value is -1.85. The van der Waals surface area contributed by atoms with Gasteiger partial charge in [0.15, 0.2) is 0 Å². The molecule has 0 atom stereocenters. The summed E-state index contributed by atoms with van der Waals surface area (Å²) in [4.78, 5) is 10.8. The van der Waals surface area contributed by atoms with E-state index in [2.05, 4.69) is 0 Å². The molecule has 0 saturated carbocycles. The lowest BCUT2D eigenvalue weighted by atomic mass is 10.0. The maximum Gasteiger partial charge on any atom is 0.335 e. The Labute approximate surface area is 114 Å². The monoisotopic (exact) mass is 296 g/mol. The van der Waals surface area contributed by atoms with Crippen LogP contribution < -0.4 is 0 Å². The Morgan fingerprint density at radius 3 is 1.68 bits per heavy atom. The quantitative estimate of drug-likeness (QED) is 0.884. The van der Waals surface area contributed by atoms with Crippen LogP contribution in [0.4, 0.5) is 0 Å². The van der Waals surface area contributed by atoms with Crippen molar-refractivity contribution in [3.8, 4) is 11.1 Å². The summed E-state index contributed by atoms with van der Waals surface area (Å²) in [5.41, 5.74) is 1.77. The molecule has 2 rings (SSSR count). The Balaban J connectivity index is 2.35. The van der Waals surface area contributed by atoms with Gasteiger partial charge in [-0.15, -0.1) is 0 Å². The number of rotatable bonds is 3. The zero-order valence-electron chi connectivity index (χ0n) is 9.58. The highest BCUT2D eigenvalue weighted by molar-refractivity contribution is 8.13. The molecule has 19 heavy (non-hydrogen) atoms. The maximum absolute atomic E-state index is 11.1. The summed E-state index contributed by atoms with van der Waals surface area (Å²) in [5.74, 6) is -0.991. The van der Waals surface area contributed by atoms with Crippen LogP contribution in [-0.4, -0.2) is 19.5 Å². The molecule has 0 bridgehead atoms. The molecule has 0 spiro atoms. The van der Waals surface area contributed by atoms with Crippen LogP contribution >= 0.6 is 10.7 Å². The highest BCUT2D eigenvalue weighted by Crippen LogP contribution is 2.23. The first-order valence-electron chi connectivity index (χ1n) is 5.26. The van der Waals surface area contributed by atoms with Crippen molar-refractivity contribution >= 4 is 25.7 Å². The zero-order chi connectivity index (χ0) is 14.0. The van der Waals surface area contributed by atoms with E-state index in [1.807, 2.05) is 0 Å². The third-order valence-corrected chi connectivity index (χ3v) is 3.97. The third-order valence-electron chi connectivity index (χ3n) is 2.60. The molecule has 0 aromatic heterocycles. The summed E-state index contributed by atoms with van der Waals surface area (Å²) < 4.78 is 22.2. The molecule has 2 aromatic rings. The number of aromatic carboxylic acids is 1. The minimum absolute atomic E-state index is 0.0278. The summed E-state index contributed by atoms with van der Waals surface area (Å²) in [6.45, 7) is 0. The zero-order valence-corrected chi connectivity index (χ0v) is 11.1. The Bertz CT molecular complexity index is 703. The van der Waals surface area contributed by atoms with Crippen LogP contribution in [0.5, 0.6) is 0 Å². The predicted molar refractivity (Wildman–Crippen MR) is 71.9 cm³/mol. The van der Waals surface area contributed by atoms with E-state index in [1.54, 1.807) is 24.3 Å². The second-order valence-electron chi connectivity index (χ2n) is 3.84. The predicted octanol–water partition coefficient (Wildman–Crippen LogP) is 2.98. The van der Waals surface area contributed by atoms with Crippen LogP contribution in [0.15, 0.2) is 53.4 Å². The molecule has 0 unspecified atom stereocenters. The van der Waals surface area contributed by atoms with E-state index >= 15 is 0 Å². The van der Waals surface area contributed by atoms with E-state index in [0.29, 0.717) is 0 Å². The topological polar surface area (TPSA) is 71.4 Å². The van der Waals surface area contributed by atoms with Gasteiger partial charge in [0.25, 0.3) is 9.05 Å². The van der Waals surface area contributed by atoms with Crippen LogP contribution in [0.3, 0.4) is 0 Å². The van der Waals surface area contributed by atoms with Gasteiger partial charge in [-0.1, -0.05) is 24.3 Å². The van der Waals surface area contributed by atoms with Gasteiger partial charge in [0.05, 0.1) is 10.5 Å². The molecule has 0 radical (unpaired) electrons. The highest BCUT2D eigenvalue weighted by atomic mass is 35.7. The van der Waals surface area contributed by atoms with Crippen molar-refractivity contribution in [2.45, 2.75) is 4.90 Å². The lowest BCUT2D eigenvalue weighted by Gasteiger charge is -2.03. The molecule has 4 nitrogen and oxygen atoms in total. The fourth-order valence-electron chi connectivity index (χ4n) is 1.62. The van der Waals surface area contributed by atoms with Crippen LogP contribution in [0.1, 0.15) is 10.4 Å². The van der Waals surface area contributed by atoms with E-state index in [1.165, 1.54) is 24.3 Å².